The van der Waals surface area contributed by atoms with E-state index in [0.717, 1.165) is 4.66 Å². The first kappa shape index (κ1) is 12.1. The number of alkyl halides is 3. The molecule has 0 nitrogen and oxygen atoms in total. The molecular formula is C8H10Cl4SeSi. The summed E-state index contributed by atoms with van der Waals surface area (Å²) in [4.78, 5) is 1.64. The van der Waals surface area contributed by atoms with Crippen molar-refractivity contribution in [2.75, 3.05) is 0 Å². The zero-order valence-electron chi connectivity index (χ0n) is 7.40. The van der Waals surface area contributed by atoms with Gasteiger partial charge in [-0.2, -0.15) is 0 Å². The zero-order chi connectivity index (χ0) is 10.4. The molecule has 0 N–H and O–H groups in total. The molecule has 1 atom stereocenters. The first-order chi connectivity index (χ1) is 6.53. The van der Waals surface area contributed by atoms with Gasteiger partial charge in [0.15, 0.2) is 0 Å². The van der Waals surface area contributed by atoms with Gasteiger partial charge in [0.05, 0.1) is 0 Å². The number of hydrogen-bond donors (Lipinski definition) is 0. The van der Waals surface area contributed by atoms with Gasteiger partial charge in [-0.25, -0.2) is 0 Å². The Hall–Kier alpha value is 1.64. The van der Waals surface area contributed by atoms with Crippen molar-refractivity contribution in [3.05, 3.63) is 9.63 Å². The molecule has 2 heterocycles. The van der Waals surface area contributed by atoms with Crippen LogP contribution in [0.5, 0.6) is 0 Å². The molecule has 0 amide bonds. The Labute approximate surface area is 111 Å². The molecule has 0 aromatic rings. The van der Waals surface area contributed by atoms with Crippen molar-refractivity contribution >= 4 is 69.4 Å². The van der Waals surface area contributed by atoms with Crippen LogP contribution in [0.25, 0.3) is 0 Å². The molecule has 80 valence electrons. The maximum atomic E-state index is 6.65. The summed E-state index contributed by atoms with van der Waals surface area (Å²) in [5, 5.41) is 0. The van der Waals surface area contributed by atoms with Crippen LogP contribution >= 0.6 is 46.4 Å². The van der Waals surface area contributed by atoms with E-state index in [4.69, 9.17) is 46.4 Å². The van der Waals surface area contributed by atoms with Crippen LogP contribution in [-0.4, -0.2) is 31.3 Å². The average Bonchev–Trinajstić information content (AvgIpc) is 2.70. The van der Waals surface area contributed by atoms with E-state index >= 15 is 0 Å². The van der Waals surface area contributed by atoms with E-state index in [1.165, 1.54) is 24.9 Å². The number of halogens is 4. The topological polar surface area (TPSA) is 0 Å². The predicted molar refractivity (Wildman–Crippen MR) is 68.4 cm³/mol. The molecule has 0 aromatic heterocycles. The van der Waals surface area contributed by atoms with E-state index < -0.39 is 12.9 Å². The van der Waals surface area contributed by atoms with Gasteiger partial charge in [0, 0.05) is 0 Å². The first-order valence-corrected chi connectivity index (χ1v) is 10.4. The molecule has 1 unspecified atom stereocenters. The van der Waals surface area contributed by atoms with Crippen molar-refractivity contribution in [2.45, 2.75) is 33.2 Å². The molecule has 2 aliphatic rings. The van der Waals surface area contributed by atoms with Gasteiger partial charge in [-0.05, 0) is 0 Å². The van der Waals surface area contributed by atoms with Gasteiger partial charge in [0.25, 0.3) is 0 Å². The van der Waals surface area contributed by atoms with Gasteiger partial charge in [-0.15, -0.1) is 0 Å². The molecule has 1 saturated heterocycles. The van der Waals surface area contributed by atoms with E-state index in [1.807, 2.05) is 0 Å². The maximum absolute atomic E-state index is 6.65. The molecule has 2 aliphatic heterocycles. The number of hydrogen-bond acceptors (Lipinski definition) is 0. The van der Waals surface area contributed by atoms with E-state index in [9.17, 15) is 0 Å². The Kier molecular flexibility index (Phi) is 3.58. The van der Waals surface area contributed by atoms with Crippen molar-refractivity contribution in [3.8, 4) is 0 Å². The van der Waals surface area contributed by atoms with Crippen molar-refractivity contribution in [3.63, 3.8) is 0 Å². The molecule has 0 saturated carbocycles. The quantitative estimate of drug-likeness (QED) is 0.495. The third-order valence-corrected chi connectivity index (χ3v) is 18.8. The summed E-state index contributed by atoms with van der Waals surface area (Å²) in [6.45, 7) is 0. The minimum atomic E-state index is -1.73. The van der Waals surface area contributed by atoms with E-state index in [1.54, 1.807) is 0 Å². The zero-order valence-corrected chi connectivity index (χ0v) is 13.1. The Balaban J connectivity index is 2.38. The van der Waals surface area contributed by atoms with Gasteiger partial charge in [0.2, 0.25) is 0 Å². The van der Waals surface area contributed by atoms with Crippen molar-refractivity contribution in [1.82, 2.24) is 0 Å². The molecule has 14 heavy (non-hydrogen) atoms. The van der Waals surface area contributed by atoms with Gasteiger partial charge in [-0.3, -0.25) is 0 Å². The van der Waals surface area contributed by atoms with Crippen molar-refractivity contribution in [1.29, 1.82) is 0 Å². The van der Waals surface area contributed by atoms with Crippen LogP contribution in [0.3, 0.4) is 0 Å². The van der Waals surface area contributed by atoms with Crippen LogP contribution in [0.15, 0.2) is 9.63 Å². The second-order valence-electron chi connectivity index (χ2n) is 3.82. The summed E-state index contributed by atoms with van der Waals surface area (Å²) >= 11 is 25.3. The minimum absolute atomic E-state index is 0.163. The summed E-state index contributed by atoms with van der Waals surface area (Å²) in [6.07, 6.45) is 2.47. The van der Waals surface area contributed by atoms with Crippen LogP contribution in [0.2, 0.25) is 12.1 Å². The third kappa shape index (κ3) is 1.54. The first-order valence-electron chi connectivity index (χ1n) is 4.54. The Morgan fingerprint density at radius 3 is 2.43 bits per heavy atom. The fourth-order valence-electron chi connectivity index (χ4n) is 2.34. The van der Waals surface area contributed by atoms with Crippen LogP contribution in [-0.2, 0) is 0 Å². The molecule has 1 fully saturated rings. The van der Waals surface area contributed by atoms with E-state index in [-0.39, 0.29) is 18.4 Å². The van der Waals surface area contributed by atoms with Gasteiger partial charge < -0.3 is 0 Å². The molecule has 2 rings (SSSR count). The molecule has 6 heteroatoms. The normalized spacial score (nSPS) is 35.6. The molecule has 0 aromatic carbocycles. The molecule has 0 bridgehead atoms. The molecule has 0 radical (unpaired) electrons. The van der Waals surface area contributed by atoms with Crippen LogP contribution < -0.4 is 0 Å². The fourth-order valence-corrected chi connectivity index (χ4v) is 17.5. The van der Waals surface area contributed by atoms with Crippen LogP contribution in [0.4, 0.5) is 0 Å². The SMILES string of the molecule is ClC1=C[Se]C(Cl)(C(Cl)Cl)[Si]12CCCC2. The van der Waals surface area contributed by atoms with E-state index in [0.29, 0.717) is 0 Å². The summed E-state index contributed by atoms with van der Waals surface area (Å²) in [5.74, 6) is 0. The fraction of sp³-hybridized carbons (Fsp3) is 0.750. The standard InChI is InChI=1S/C8H10Cl4SeSi/c9-6-5-13-8(12,7(10)11)14(6)3-1-2-4-14/h5,7H,1-4H2. The predicted octanol–water partition coefficient (Wildman–Crippen LogP) is 3.84. The van der Waals surface area contributed by atoms with Crippen molar-refractivity contribution in [2.24, 2.45) is 0 Å². The van der Waals surface area contributed by atoms with Crippen molar-refractivity contribution < 1.29 is 0 Å². The van der Waals surface area contributed by atoms with Gasteiger partial charge in [0.1, 0.15) is 0 Å². The monoisotopic (exact) mass is 354 g/mol. The Morgan fingerprint density at radius 1 is 1.36 bits per heavy atom. The average molecular weight is 355 g/mol. The van der Waals surface area contributed by atoms with Crippen LogP contribution in [0.1, 0.15) is 12.8 Å². The summed E-state index contributed by atoms with van der Waals surface area (Å²) in [7, 11) is -1.73. The summed E-state index contributed by atoms with van der Waals surface area (Å²) in [5.41, 5.74) is 0. The van der Waals surface area contributed by atoms with Gasteiger partial charge in [-0.1, -0.05) is 0 Å². The van der Waals surface area contributed by atoms with Crippen LogP contribution in [0, 0.1) is 0 Å². The molecule has 1 spiro atoms. The Bertz CT molecular complexity index is 275. The second kappa shape index (κ2) is 4.14. The van der Waals surface area contributed by atoms with Gasteiger partial charge >= 0.3 is 112 Å². The summed E-state index contributed by atoms with van der Waals surface area (Å²) in [6, 6.07) is 2.34. The van der Waals surface area contributed by atoms with E-state index in [2.05, 4.69) is 4.97 Å². The third-order valence-electron chi connectivity index (χ3n) is 3.18. The molecular weight excluding hydrogens is 345 g/mol. The Morgan fingerprint density at radius 2 is 1.93 bits per heavy atom. The molecule has 0 aliphatic carbocycles. The second-order valence-corrected chi connectivity index (χ2v) is 14.7. The summed E-state index contributed by atoms with van der Waals surface area (Å²) < 4.78 is 0.660. The number of rotatable bonds is 1.